The topological polar surface area (TPSA) is 51.6 Å². The zero-order valence-corrected chi connectivity index (χ0v) is 21.6. The molecule has 0 unspecified atom stereocenters. The summed E-state index contributed by atoms with van der Waals surface area (Å²) in [5.74, 6) is 1.83. The van der Waals surface area contributed by atoms with Crippen LogP contribution in [0.15, 0.2) is 121 Å². The first-order chi connectivity index (χ1) is 19.3. The van der Waals surface area contributed by atoms with Crippen LogP contribution in [0.3, 0.4) is 0 Å². The third kappa shape index (κ3) is 3.59. The Morgan fingerprint density at radius 2 is 0.974 bits per heavy atom. The number of hydrogen-bond acceptors (Lipinski definition) is 5. The minimum Gasteiger partial charge on any atom is -0.244 e. The quantitative estimate of drug-likeness (QED) is 0.220. The molecule has 0 spiro atoms. The lowest BCUT2D eigenvalue weighted by Gasteiger charge is -2.12. The van der Waals surface area contributed by atoms with Gasteiger partial charge in [-0.15, -0.1) is 11.3 Å². The van der Waals surface area contributed by atoms with E-state index in [-0.39, 0.29) is 0 Å². The molecule has 0 atom stereocenters. The number of fused-ring (bicyclic) bond motifs is 7. The molecule has 39 heavy (non-hydrogen) atoms. The van der Waals surface area contributed by atoms with Gasteiger partial charge in [0.15, 0.2) is 17.5 Å². The number of nitrogens with zero attached hydrogens (tertiary/aromatic N) is 4. The fourth-order valence-corrected chi connectivity index (χ4v) is 6.46. The monoisotopic (exact) mass is 516 g/mol. The Labute approximate surface area is 228 Å². The highest BCUT2D eigenvalue weighted by Crippen LogP contribution is 2.43. The fraction of sp³-hybridized carbons (Fsp3) is 0. The number of thiophene rings is 1. The van der Waals surface area contributed by atoms with E-state index in [0.717, 1.165) is 33.1 Å². The minimum absolute atomic E-state index is 0.567. The van der Waals surface area contributed by atoms with Crippen LogP contribution in [-0.2, 0) is 0 Å². The molecule has 0 aliphatic heterocycles. The van der Waals surface area contributed by atoms with E-state index in [9.17, 15) is 0 Å². The first kappa shape index (κ1) is 22.0. The summed E-state index contributed by atoms with van der Waals surface area (Å²) in [6.07, 6.45) is 0. The van der Waals surface area contributed by atoms with E-state index in [4.69, 9.17) is 19.9 Å². The lowest BCUT2D eigenvalue weighted by molar-refractivity contribution is 1.07. The van der Waals surface area contributed by atoms with E-state index >= 15 is 0 Å². The van der Waals surface area contributed by atoms with Crippen LogP contribution in [-0.4, -0.2) is 19.9 Å². The Balaban J connectivity index is 1.50. The molecule has 8 aromatic rings. The molecule has 8 rings (SSSR count). The van der Waals surface area contributed by atoms with Gasteiger partial charge in [-0.3, -0.25) is 0 Å². The molecule has 0 bridgehead atoms. The third-order valence-corrected chi connectivity index (χ3v) is 8.25. The number of pyridine rings is 1. The van der Waals surface area contributed by atoms with Gasteiger partial charge in [0.05, 0.1) is 5.52 Å². The van der Waals surface area contributed by atoms with Crippen LogP contribution in [0.1, 0.15) is 0 Å². The van der Waals surface area contributed by atoms with Gasteiger partial charge in [0.1, 0.15) is 5.69 Å². The number of aromatic nitrogens is 4. The van der Waals surface area contributed by atoms with Crippen molar-refractivity contribution in [2.45, 2.75) is 0 Å². The van der Waals surface area contributed by atoms with Gasteiger partial charge < -0.3 is 0 Å². The van der Waals surface area contributed by atoms with Crippen LogP contribution in [0.4, 0.5) is 0 Å². The molecule has 4 nitrogen and oxygen atoms in total. The van der Waals surface area contributed by atoms with Gasteiger partial charge in [-0.25, -0.2) is 19.9 Å². The molecule has 0 fully saturated rings. The molecule has 0 saturated carbocycles. The van der Waals surface area contributed by atoms with Crippen LogP contribution < -0.4 is 0 Å². The summed E-state index contributed by atoms with van der Waals surface area (Å²) in [4.78, 5) is 20.0. The highest BCUT2D eigenvalue weighted by molar-refractivity contribution is 7.26. The van der Waals surface area contributed by atoms with Crippen molar-refractivity contribution in [2.75, 3.05) is 0 Å². The van der Waals surface area contributed by atoms with E-state index in [0.29, 0.717) is 17.5 Å². The van der Waals surface area contributed by atoms with Crippen LogP contribution >= 0.6 is 11.3 Å². The molecule has 0 aliphatic rings. The molecule has 0 radical (unpaired) electrons. The molecule has 0 saturated heterocycles. The van der Waals surface area contributed by atoms with Crippen molar-refractivity contribution in [1.82, 2.24) is 19.9 Å². The predicted octanol–water partition coefficient (Wildman–Crippen LogP) is 8.94. The number of hydrogen-bond donors (Lipinski definition) is 0. The molecule has 3 heterocycles. The maximum Gasteiger partial charge on any atom is 0.183 e. The molecule has 0 amide bonds. The molecule has 3 aromatic heterocycles. The lowest BCUT2D eigenvalue weighted by Crippen LogP contribution is -2.02. The summed E-state index contributed by atoms with van der Waals surface area (Å²) in [6.45, 7) is 0. The van der Waals surface area contributed by atoms with Crippen molar-refractivity contribution < 1.29 is 0 Å². The Bertz CT molecular complexity index is 2110. The van der Waals surface area contributed by atoms with Crippen molar-refractivity contribution in [3.8, 4) is 34.3 Å². The Hall–Kier alpha value is -5.00. The minimum atomic E-state index is 0.567. The van der Waals surface area contributed by atoms with Crippen LogP contribution in [0.25, 0.3) is 76.1 Å². The van der Waals surface area contributed by atoms with E-state index in [2.05, 4.69) is 54.6 Å². The van der Waals surface area contributed by atoms with Gasteiger partial charge in [0.2, 0.25) is 0 Å². The number of benzene rings is 5. The average Bonchev–Trinajstić information content (AvgIpc) is 3.40. The van der Waals surface area contributed by atoms with E-state index in [1.807, 2.05) is 78.1 Å². The van der Waals surface area contributed by atoms with Crippen molar-refractivity contribution in [2.24, 2.45) is 0 Å². The summed E-state index contributed by atoms with van der Waals surface area (Å²) in [5.41, 5.74) is 3.56. The van der Waals surface area contributed by atoms with Gasteiger partial charge in [-0.2, -0.15) is 0 Å². The van der Waals surface area contributed by atoms with Gasteiger partial charge in [-0.1, -0.05) is 103 Å². The van der Waals surface area contributed by atoms with Gasteiger partial charge in [-0.05, 0) is 18.2 Å². The number of rotatable bonds is 3. The summed E-state index contributed by atoms with van der Waals surface area (Å²) < 4.78 is 2.54. The van der Waals surface area contributed by atoms with Crippen molar-refractivity contribution in [1.29, 1.82) is 0 Å². The fourth-order valence-electron chi connectivity index (χ4n) is 5.34. The smallest absolute Gasteiger partial charge is 0.183 e. The largest absolute Gasteiger partial charge is 0.244 e. The second-order valence-corrected chi connectivity index (χ2v) is 10.6. The predicted molar refractivity (Wildman–Crippen MR) is 162 cm³/mol. The van der Waals surface area contributed by atoms with Crippen LogP contribution in [0.2, 0.25) is 0 Å². The van der Waals surface area contributed by atoms with E-state index < -0.39 is 0 Å². The molecule has 5 heteroatoms. The van der Waals surface area contributed by atoms with Crippen LogP contribution in [0.5, 0.6) is 0 Å². The van der Waals surface area contributed by atoms with Gasteiger partial charge >= 0.3 is 0 Å². The van der Waals surface area contributed by atoms with E-state index in [1.54, 1.807) is 0 Å². The second-order valence-electron chi connectivity index (χ2n) is 9.48. The first-order valence-corrected chi connectivity index (χ1v) is 13.7. The van der Waals surface area contributed by atoms with Crippen molar-refractivity contribution >= 4 is 53.2 Å². The van der Waals surface area contributed by atoms with Crippen molar-refractivity contribution in [3.63, 3.8) is 0 Å². The highest BCUT2D eigenvalue weighted by atomic mass is 32.1. The standard InChI is InChI=1S/C34H20N4S/c1-3-11-21(12-4-1)32-36-33(22-13-5-2-6-14-22)38-34(37-32)31-25-19-20-28-30(24-16-8-10-18-27(24)39-28)29(25)23-15-7-9-17-26(23)35-31/h1-20H. The Kier molecular flexibility index (Phi) is 4.96. The zero-order chi connectivity index (χ0) is 25.8. The second kappa shape index (κ2) is 8.79. The summed E-state index contributed by atoms with van der Waals surface area (Å²) >= 11 is 1.82. The highest BCUT2D eigenvalue weighted by Gasteiger charge is 2.19. The lowest BCUT2D eigenvalue weighted by atomic mass is 9.98. The third-order valence-electron chi connectivity index (χ3n) is 7.12. The average molecular weight is 517 g/mol. The summed E-state index contributed by atoms with van der Waals surface area (Å²) in [6, 6.07) is 41.5. The molecule has 182 valence electrons. The molecular formula is C34H20N4S. The molecule has 0 N–H and O–H groups in total. The SMILES string of the molecule is c1ccc(-c2nc(-c3ccccc3)nc(-c3nc4ccccc4c4c3ccc3sc5ccccc5c34)n2)cc1. The Morgan fingerprint density at radius 3 is 1.69 bits per heavy atom. The number of para-hydroxylation sites is 1. The summed E-state index contributed by atoms with van der Waals surface area (Å²) in [5, 5.41) is 5.87. The molecule has 5 aromatic carbocycles. The van der Waals surface area contributed by atoms with Crippen molar-refractivity contribution in [3.05, 3.63) is 121 Å². The maximum absolute atomic E-state index is 5.17. The zero-order valence-electron chi connectivity index (χ0n) is 20.7. The maximum atomic E-state index is 5.17. The van der Waals surface area contributed by atoms with Gasteiger partial charge in [0.25, 0.3) is 0 Å². The van der Waals surface area contributed by atoms with Crippen LogP contribution in [0, 0.1) is 0 Å². The normalized spacial score (nSPS) is 11.6. The first-order valence-electron chi connectivity index (χ1n) is 12.8. The molecule has 0 aliphatic carbocycles. The van der Waals surface area contributed by atoms with Gasteiger partial charge in [0, 0.05) is 47.5 Å². The summed E-state index contributed by atoms with van der Waals surface area (Å²) in [7, 11) is 0. The van der Waals surface area contributed by atoms with E-state index in [1.165, 1.54) is 25.6 Å². The Morgan fingerprint density at radius 1 is 0.385 bits per heavy atom. The molecular weight excluding hydrogens is 496 g/mol.